The van der Waals surface area contributed by atoms with Gasteiger partial charge in [0.25, 0.3) is 5.91 Å². The molecule has 132 valence electrons. The molecular weight excluding hydrogens is 352 g/mol. The van der Waals surface area contributed by atoms with E-state index < -0.39 is 0 Å². The molecule has 0 radical (unpaired) electrons. The molecular formula is C20H17ClN2O3. The van der Waals surface area contributed by atoms with Crippen LogP contribution in [0.4, 0.5) is 5.69 Å². The zero-order chi connectivity index (χ0) is 18.4. The first-order valence-corrected chi connectivity index (χ1v) is 8.47. The number of ether oxygens (including phenoxy) is 2. The van der Waals surface area contributed by atoms with Crippen LogP contribution in [0, 0.1) is 6.92 Å². The number of aryl methyl sites for hydroxylation is 1. The minimum atomic E-state index is -0.166. The molecule has 5 nitrogen and oxygen atoms in total. The molecule has 6 heteroatoms. The van der Waals surface area contributed by atoms with E-state index in [0.717, 1.165) is 44.8 Å². The second kappa shape index (κ2) is 6.11. The number of hydrogen-bond donors (Lipinski definition) is 2. The van der Waals surface area contributed by atoms with Crippen LogP contribution in [0.1, 0.15) is 16.7 Å². The Kier molecular flexibility index (Phi) is 3.89. The van der Waals surface area contributed by atoms with Crippen molar-refractivity contribution in [3.8, 4) is 11.5 Å². The van der Waals surface area contributed by atoms with Gasteiger partial charge in [-0.3, -0.25) is 4.79 Å². The lowest BCUT2D eigenvalue weighted by atomic mass is 10.0. The third kappa shape index (κ3) is 2.52. The standard InChI is InChI=1S/C20H17ClN2O3/c1-10-6-17-13(9-18(10)26-3)15(20(24)23-17)8-14-12-7-11(25-2)4-5-16(12)22-19(14)21/h4-9,22H,1-3H3,(H,23,24)/b15-8+. The molecule has 0 atom stereocenters. The number of aromatic amines is 1. The van der Waals surface area contributed by atoms with E-state index in [1.807, 2.05) is 37.3 Å². The monoisotopic (exact) mass is 368 g/mol. The van der Waals surface area contributed by atoms with Crippen molar-refractivity contribution in [1.29, 1.82) is 0 Å². The van der Waals surface area contributed by atoms with E-state index in [9.17, 15) is 4.79 Å². The Morgan fingerprint density at radius 1 is 1.12 bits per heavy atom. The van der Waals surface area contributed by atoms with Crippen LogP contribution in [0.15, 0.2) is 30.3 Å². The third-order valence-corrected chi connectivity index (χ3v) is 4.90. The zero-order valence-corrected chi connectivity index (χ0v) is 15.3. The lowest BCUT2D eigenvalue weighted by Crippen LogP contribution is -2.03. The maximum atomic E-state index is 12.5. The second-order valence-corrected chi connectivity index (χ2v) is 6.52. The number of carbonyl (C=O) groups excluding carboxylic acids is 1. The number of amides is 1. The molecule has 4 rings (SSSR count). The fraction of sp³-hybridized carbons (Fsp3) is 0.150. The largest absolute Gasteiger partial charge is 0.497 e. The van der Waals surface area contributed by atoms with Crippen molar-refractivity contribution in [3.05, 3.63) is 52.2 Å². The van der Waals surface area contributed by atoms with Crippen LogP contribution in [0.3, 0.4) is 0 Å². The molecule has 0 saturated heterocycles. The summed E-state index contributed by atoms with van der Waals surface area (Å²) in [6.07, 6.45) is 1.80. The minimum absolute atomic E-state index is 0.166. The molecule has 0 bridgehead atoms. The van der Waals surface area contributed by atoms with Gasteiger partial charge < -0.3 is 19.8 Å². The summed E-state index contributed by atoms with van der Waals surface area (Å²) in [5.41, 5.74) is 4.70. The molecule has 0 spiro atoms. The van der Waals surface area contributed by atoms with E-state index >= 15 is 0 Å². The highest BCUT2D eigenvalue weighted by Gasteiger charge is 2.26. The van der Waals surface area contributed by atoms with Crippen molar-refractivity contribution in [2.24, 2.45) is 0 Å². The Morgan fingerprint density at radius 2 is 1.92 bits per heavy atom. The van der Waals surface area contributed by atoms with Gasteiger partial charge in [0.15, 0.2) is 0 Å². The fourth-order valence-electron chi connectivity index (χ4n) is 3.26. The highest BCUT2D eigenvalue weighted by Crippen LogP contribution is 2.39. The summed E-state index contributed by atoms with van der Waals surface area (Å²) in [6.45, 7) is 1.94. The maximum absolute atomic E-state index is 12.5. The summed E-state index contributed by atoms with van der Waals surface area (Å²) < 4.78 is 10.7. The summed E-state index contributed by atoms with van der Waals surface area (Å²) >= 11 is 6.40. The molecule has 2 heterocycles. The van der Waals surface area contributed by atoms with E-state index in [2.05, 4.69) is 10.3 Å². The maximum Gasteiger partial charge on any atom is 0.256 e. The molecule has 0 aliphatic carbocycles. The van der Waals surface area contributed by atoms with Gasteiger partial charge in [-0.15, -0.1) is 0 Å². The van der Waals surface area contributed by atoms with Gasteiger partial charge >= 0.3 is 0 Å². The molecule has 2 aromatic carbocycles. The van der Waals surface area contributed by atoms with Gasteiger partial charge in [-0.2, -0.15) is 0 Å². The van der Waals surface area contributed by atoms with Crippen LogP contribution in [0.2, 0.25) is 5.15 Å². The van der Waals surface area contributed by atoms with Crippen molar-refractivity contribution < 1.29 is 14.3 Å². The Bertz CT molecular complexity index is 1080. The number of fused-ring (bicyclic) bond motifs is 2. The number of methoxy groups -OCH3 is 2. The van der Waals surface area contributed by atoms with Crippen LogP contribution in [0.25, 0.3) is 22.6 Å². The van der Waals surface area contributed by atoms with E-state index in [1.165, 1.54) is 0 Å². The molecule has 1 aliphatic heterocycles. The molecule has 1 amide bonds. The number of nitrogens with one attached hydrogen (secondary N) is 2. The Hall–Kier alpha value is -2.92. The molecule has 0 unspecified atom stereocenters. The number of H-pyrrole nitrogens is 1. The Balaban J connectivity index is 1.92. The van der Waals surface area contributed by atoms with Gasteiger partial charge in [0.2, 0.25) is 0 Å². The predicted molar refractivity (Wildman–Crippen MR) is 104 cm³/mol. The normalized spacial score (nSPS) is 14.6. The molecule has 0 fully saturated rings. The van der Waals surface area contributed by atoms with Crippen molar-refractivity contribution in [1.82, 2.24) is 4.98 Å². The molecule has 3 aromatic rings. The fourth-order valence-corrected chi connectivity index (χ4v) is 3.52. The van der Waals surface area contributed by atoms with Gasteiger partial charge in [-0.25, -0.2) is 0 Å². The van der Waals surface area contributed by atoms with Crippen molar-refractivity contribution in [3.63, 3.8) is 0 Å². The van der Waals surface area contributed by atoms with Crippen LogP contribution < -0.4 is 14.8 Å². The summed E-state index contributed by atoms with van der Waals surface area (Å²) in [5.74, 6) is 1.29. The quantitative estimate of drug-likeness (QED) is 0.662. The highest BCUT2D eigenvalue weighted by atomic mass is 35.5. The molecule has 0 saturated carbocycles. The van der Waals surface area contributed by atoms with Gasteiger partial charge in [0, 0.05) is 33.3 Å². The minimum Gasteiger partial charge on any atom is -0.497 e. The highest BCUT2D eigenvalue weighted by molar-refractivity contribution is 6.38. The van der Waals surface area contributed by atoms with Crippen LogP contribution in [0.5, 0.6) is 11.5 Å². The lowest BCUT2D eigenvalue weighted by Gasteiger charge is -2.07. The Labute approximate surface area is 155 Å². The molecule has 1 aliphatic rings. The summed E-state index contributed by atoms with van der Waals surface area (Å²) in [5, 5.41) is 4.27. The first-order chi connectivity index (χ1) is 12.5. The lowest BCUT2D eigenvalue weighted by molar-refractivity contribution is -0.110. The molecule has 1 aromatic heterocycles. The van der Waals surface area contributed by atoms with Crippen molar-refractivity contribution >= 4 is 45.7 Å². The van der Waals surface area contributed by atoms with Crippen LogP contribution >= 0.6 is 11.6 Å². The second-order valence-electron chi connectivity index (χ2n) is 6.14. The van der Waals surface area contributed by atoms with Gasteiger partial charge in [-0.1, -0.05) is 11.6 Å². The van der Waals surface area contributed by atoms with Gasteiger partial charge in [0.05, 0.1) is 14.2 Å². The predicted octanol–water partition coefficient (Wildman–Crippen LogP) is 4.64. The van der Waals surface area contributed by atoms with E-state index in [4.69, 9.17) is 21.1 Å². The first-order valence-electron chi connectivity index (χ1n) is 8.09. The number of anilines is 1. The van der Waals surface area contributed by atoms with Crippen molar-refractivity contribution in [2.45, 2.75) is 6.92 Å². The van der Waals surface area contributed by atoms with E-state index in [0.29, 0.717) is 10.7 Å². The number of aromatic nitrogens is 1. The zero-order valence-electron chi connectivity index (χ0n) is 14.6. The number of hydrogen-bond acceptors (Lipinski definition) is 3. The molecule has 2 N–H and O–H groups in total. The smallest absolute Gasteiger partial charge is 0.256 e. The summed E-state index contributed by atoms with van der Waals surface area (Å²) in [6, 6.07) is 9.44. The number of benzene rings is 2. The topological polar surface area (TPSA) is 63.4 Å². The van der Waals surface area contributed by atoms with E-state index in [1.54, 1.807) is 20.3 Å². The number of halogens is 1. The summed E-state index contributed by atoms with van der Waals surface area (Å²) in [4.78, 5) is 15.7. The number of rotatable bonds is 3. The SMILES string of the molecule is COc1ccc2[nH]c(Cl)c(/C=C3/C(=O)Nc4cc(C)c(OC)cc43)c2c1. The third-order valence-electron chi connectivity index (χ3n) is 4.60. The van der Waals surface area contributed by atoms with Crippen molar-refractivity contribution in [2.75, 3.05) is 19.5 Å². The van der Waals surface area contributed by atoms with Gasteiger partial charge in [-0.05, 0) is 48.9 Å². The average molecular weight is 369 g/mol. The van der Waals surface area contributed by atoms with Crippen LogP contribution in [-0.4, -0.2) is 25.1 Å². The number of carbonyl (C=O) groups is 1. The van der Waals surface area contributed by atoms with Gasteiger partial charge in [0.1, 0.15) is 16.7 Å². The summed E-state index contributed by atoms with van der Waals surface area (Å²) in [7, 11) is 3.23. The van der Waals surface area contributed by atoms with E-state index in [-0.39, 0.29) is 5.91 Å². The molecule has 26 heavy (non-hydrogen) atoms. The first kappa shape index (κ1) is 16.5. The Morgan fingerprint density at radius 3 is 2.65 bits per heavy atom. The average Bonchev–Trinajstić information content (AvgIpc) is 3.10. The van der Waals surface area contributed by atoms with Crippen LogP contribution in [-0.2, 0) is 4.79 Å².